The van der Waals surface area contributed by atoms with Crippen molar-refractivity contribution < 1.29 is 14.3 Å². The first kappa shape index (κ1) is 16.9. The zero-order valence-electron chi connectivity index (χ0n) is 13.2. The molecule has 1 aromatic rings. The fourth-order valence-electron chi connectivity index (χ4n) is 2.85. The van der Waals surface area contributed by atoms with E-state index >= 15 is 0 Å². The van der Waals surface area contributed by atoms with Gasteiger partial charge < -0.3 is 20.5 Å². The first-order valence-corrected chi connectivity index (χ1v) is 7.84. The number of hydrogen-bond acceptors (Lipinski definition) is 4. The third-order valence-corrected chi connectivity index (χ3v) is 4.34. The van der Waals surface area contributed by atoms with E-state index in [2.05, 4.69) is 19.2 Å². The lowest BCUT2D eigenvalue weighted by molar-refractivity contribution is 0.0533. The Morgan fingerprint density at radius 2 is 2.27 bits per heavy atom. The number of carbonyl (C=O) groups is 1. The van der Waals surface area contributed by atoms with Gasteiger partial charge in [-0.1, -0.05) is 25.4 Å². The minimum atomic E-state index is -0.215. The van der Waals surface area contributed by atoms with Crippen molar-refractivity contribution in [1.29, 1.82) is 0 Å². The van der Waals surface area contributed by atoms with E-state index in [0.717, 1.165) is 13.0 Å². The Kier molecular flexibility index (Phi) is 5.53. The molecule has 0 aromatic heterocycles. The van der Waals surface area contributed by atoms with Crippen LogP contribution < -0.4 is 15.8 Å². The van der Waals surface area contributed by atoms with Crippen LogP contribution in [0.2, 0.25) is 5.02 Å². The van der Waals surface area contributed by atoms with Gasteiger partial charge >= 0.3 is 0 Å². The SMILES string of the molecule is COc1cc(N)c(Cl)cc1C(=O)NCC1CCOC1C(C)C. The molecule has 2 atom stereocenters. The molecule has 22 heavy (non-hydrogen) atoms. The van der Waals surface area contributed by atoms with Gasteiger partial charge in [0, 0.05) is 25.1 Å². The first-order valence-electron chi connectivity index (χ1n) is 7.46. The number of hydrogen-bond donors (Lipinski definition) is 2. The number of nitrogens with one attached hydrogen (secondary N) is 1. The molecule has 6 heteroatoms. The van der Waals surface area contributed by atoms with Gasteiger partial charge in [-0.25, -0.2) is 0 Å². The Morgan fingerprint density at radius 3 is 2.91 bits per heavy atom. The lowest BCUT2D eigenvalue weighted by atomic mass is 9.93. The van der Waals surface area contributed by atoms with Gasteiger partial charge in [-0.15, -0.1) is 0 Å². The summed E-state index contributed by atoms with van der Waals surface area (Å²) in [7, 11) is 1.50. The predicted molar refractivity (Wildman–Crippen MR) is 87.4 cm³/mol. The molecule has 1 amide bonds. The van der Waals surface area contributed by atoms with E-state index in [1.807, 2.05) is 0 Å². The molecule has 3 N–H and O–H groups in total. The molecular formula is C16H23ClN2O3. The van der Waals surface area contributed by atoms with E-state index in [1.54, 1.807) is 6.07 Å². The maximum Gasteiger partial charge on any atom is 0.255 e. The van der Waals surface area contributed by atoms with Crippen LogP contribution in [0, 0.1) is 11.8 Å². The van der Waals surface area contributed by atoms with Crippen molar-refractivity contribution in [3.63, 3.8) is 0 Å². The minimum Gasteiger partial charge on any atom is -0.496 e. The van der Waals surface area contributed by atoms with Gasteiger partial charge in [-0.3, -0.25) is 4.79 Å². The highest BCUT2D eigenvalue weighted by Gasteiger charge is 2.31. The van der Waals surface area contributed by atoms with Crippen LogP contribution in [0.1, 0.15) is 30.6 Å². The van der Waals surface area contributed by atoms with Crippen molar-refractivity contribution in [2.45, 2.75) is 26.4 Å². The van der Waals surface area contributed by atoms with Crippen LogP contribution >= 0.6 is 11.6 Å². The smallest absolute Gasteiger partial charge is 0.255 e. The maximum atomic E-state index is 12.4. The third kappa shape index (κ3) is 3.65. The molecule has 0 saturated carbocycles. The summed E-state index contributed by atoms with van der Waals surface area (Å²) < 4.78 is 10.9. The molecule has 2 rings (SSSR count). The number of methoxy groups -OCH3 is 1. The van der Waals surface area contributed by atoms with Crippen molar-refractivity contribution in [1.82, 2.24) is 5.32 Å². The fraction of sp³-hybridized carbons (Fsp3) is 0.562. The Hall–Kier alpha value is -1.46. The molecule has 0 spiro atoms. The van der Waals surface area contributed by atoms with Crippen LogP contribution in [-0.4, -0.2) is 32.3 Å². The standard InChI is InChI=1S/C16H23ClN2O3/c1-9(2)15-10(4-5-22-15)8-19-16(20)11-6-12(17)13(18)7-14(11)21-3/h6-7,9-10,15H,4-5,8,18H2,1-3H3,(H,19,20). The van der Waals surface area contributed by atoms with Gasteiger partial charge in [0.25, 0.3) is 5.91 Å². The van der Waals surface area contributed by atoms with Gasteiger partial charge in [0.1, 0.15) is 5.75 Å². The molecule has 1 aliphatic heterocycles. The van der Waals surface area contributed by atoms with E-state index in [-0.39, 0.29) is 12.0 Å². The summed E-state index contributed by atoms with van der Waals surface area (Å²) >= 11 is 6.00. The summed E-state index contributed by atoms with van der Waals surface area (Å²) in [4.78, 5) is 12.4. The second-order valence-corrected chi connectivity index (χ2v) is 6.32. The van der Waals surface area contributed by atoms with E-state index in [0.29, 0.717) is 40.4 Å². The average Bonchev–Trinajstić information content (AvgIpc) is 2.95. The second kappa shape index (κ2) is 7.20. The average molecular weight is 327 g/mol. The Balaban J connectivity index is 2.05. The summed E-state index contributed by atoms with van der Waals surface area (Å²) in [5, 5.41) is 3.29. The minimum absolute atomic E-state index is 0.192. The molecule has 0 aliphatic carbocycles. The molecule has 5 nitrogen and oxygen atoms in total. The number of carbonyl (C=O) groups excluding carboxylic acids is 1. The number of amides is 1. The number of rotatable bonds is 5. The van der Waals surface area contributed by atoms with Crippen molar-refractivity contribution in [3.8, 4) is 5.75 Å². The van der Waals surface area contributed by atoms with E-state index in [4.69, 9.17) is 26.8 Å². The summed E-state index contributed by atoms with van der Waals surface area (Å²) in [5.41, 5.74) is 6.51. The number of halogens is 1. The number of benzene rings is 1. The molecule has 2 unspecified atom stereocenters. The number of nitrogen functional groups attached to an aromatic ring is 1. The zero-order chi connectivity index (χ0) is 16.3. The molecule has 1 aromatic carbocycles. The Morgan fingerprint density at radius 1 is 1.55 bits per heavy atom. The van der Waals surface area contributed by atoms with Crippen LogP contribution in [0.25, 0.3) is 0 Å². The van der Waals surface area contributed by atoms with Crippen LogP contribution in [0.4, 0.5) is 5.69 Å². The Bertz CT molecular complexity index is 548. The second-order valence-electron chi connectivity index (χ2n) is 5.91. The van der Waals surface area contributed by atoms with Gasteiger partial charge in [-0.2, -0.15) is 0 Å². The molecular weight excluding hydrogens is 304 g/mol. The summed E-state index contributed by atoms with van der Waals surface area (Å²) in [5.74, 6) is 0.972. The van der Waals surface area contributed by atoms with Gasteiger partial charge in [0.15, 0.2) is 0 Å². The monoisotopic (exact) mass is 326 g/mol. The summed E-state index contributed by atoms with van der Waals surface area (Å²) in [6.07, 6.45) is 1.15. The highest BCUT2D eigenvalue weighted by Crippen LogP contribution is 2.29. The highest BCUT2D eigenvalue weighted by atomic mass is 35.5. The lowest BCUT2D eigenvalue weighted by Crippen LogP contribution is -2.35. The molecule has 0 radical (unpaired) electrons. The van der Waals surface area contributed by atoms with Gasteiger partial charge in [0.2, 0.25) is 0 Å². The molecule has 1 aliphatic rings. The lowest BCUT2D eigenvalue weighted by Gasteiger charge is -2.22. The maximum absolute atomic E-state index is 12.4. The van der Waals surface area contributed by atoms with Crippen molar-refractivity contribution in [3.05, 3.63) is 22.7 Å². The normalized spacial score (nSPS) is 21.1. The van der Waals surface area contributed by atoms with Crippen molar-refractivity contribution in [2.75, 3.05) is 26.0 Å². The Labute approximate surface area is 136 Å². The van der Waals surface area contributed by atoms with Crippen LogP contribution in [0.15, 0.2) is 12.1 Å². The quantitative estimate of drug-likeness (QED) is 0.816. The van der Waals surface area contributed by atoms with Crippen molar-refractivity contribution in [2.24, 2.45) is 11.8 Å². The highest BCUT2D eigenvalue weighted by molar-refractivity contribution is 6.33. The molecule has 1 heterocycles. The largest absolute Gasteiger partial charge is 0.496 e. The number of ether oxygens (including phenoxy) is 2. The van der Waals surface area contributed by atoms with E-state index in [9.17, 15) is 4.79 Å². The molecule has 1 fully saturated rings. The van der Waals surface area contributed by atoms with Crippen molar-refractivity contribution >= 4 is 23.2 Å². The fourth-order valence-corrected chi connectivity index (χ4v) is 3.01. The number of nitrogens with two attached hydrogens (primary N) is 1. The molecule has 1 saturated heterocycles. The predicted octanol–water partition coefficient (Wildman–Crippen LogP) is 2.72. The van der Waals surface area contributed by atoms with E-state index in [1.165, 1.54) is 13.2 Å². The first-order chi connectivity index (χ1) is 10.4. The third-order valence-electron chi connectivity index (χ3n) is 4.01. The van der Waals surface area contributed by atoms with Gasteiger partial charge in [-0.05, 0) is 18.4 Å². The van der Waals surface area contributed by atoms with Gasteiger partial charge in [0.05, 0.1) is 29.5 Å². The summed E-state index contributed by atoms with van der Waals surface area (Å²) in [6, 6.07) is 3.10. The zero-order valence-corrected chi connectivity index (χ0v) is 13.9. The molecule has 0 bridgehead atoms. The summed E-state index contributed by atoms with van der Waals surface area (Å²) in [6.45, 7) is 5.59. The van der Waals surface area contributed by atoms with E-state index < -0.39 is 0 Å². The number of anilines is 1. The topological polar surface area (TPSA) is 73.6 Å². The van der Waals surface area contributed by atoms with Crippen LogP contribution in [-0.2, 0) is 4.74 Å². The van der Waals surface area contributed by atoms with Crippen LogP contribution in [0.5, 0.6) is 5.75 Å². The molecule has 122 valence electrons. The van der Waals surface area contributed by atoms with Crippen LogP contribution in [0.3, 0.4) is 0 Å².